The van der Waals surface area contributed by atoms with E-state index in [1.165, 1.54) is 13.1 Å². The molecule has 1 heterocycles. The predicted molar refractivity (Wildman–Crippen MR) is 81.4 cm³/mol. The number of rotatable bonds is 5. The molecule has 0 amide bonds. The highest BCUT2D eigenvalue weighted by Gasteiger charge is 2.15. The highest BCUT2D eigenvalue weighted by Crippen LogP contribution is 2.16. The summed E-state index contributed by atoms with van der Waals surface area (Å²) in [6, 6.07) is 11.0. The van der Waals surface area contributed by atoms with Crippen LogP contribution in [0.4, 0.5) is 5.69 Å². The van der Waals surface area contributed by atoms with Crippen molar-refractivity contribution in [2.45, 2.75) is 11.6 Å². The lowest BCUT2D eigenvalue weighted by atomic mass is 10.3. The summed E-state index contributed by atoms with van der Waals surface area (Å²) in [7, 11) is -2.16. The van der Waals surface area contributed by atoms with Gasteiger partial charge in [0.1, 0.15) is 5.76 Å². The molecule has 0 atom stereocenters. The van der Waals surface area contributed by atoms with Gasteiger partial charge in [0, 0.05) is 9.26 Å². The van der Waals surface area contributed by atoms with E-state index in [1.54, 1.807) is 6.07 Å². The molecule has 5 nitrogen and oxygen atoms in total. The Kier molecular flexibility index (Phi) is 4.48. The van der Waals surface area contributed by atoms with Crippen LogP contribution in [0.1, 0.15) is 5.76 Å². The number of halogens is 1. The van der Waals surface area contributed by atoms with Gasteiger partial charge in [0.05, 0.1) is 6.54 Å². The topological polar surface area (TPSA) is 71.3 Å². The molecule has 0 aliphatic rings. The first-order valence-corrected chi connectivity index (χ1v) is 8.09. The maximum Gasteiger partial charge on any atom is 0.273 e. The van der Waals surface area contributed by atoms with Gasteiger partial charge in [0.2, 0.25) is 5.09 Å². The van der Waals surface area contributed by atoms with Crippen molar-refractivity contribution >= 4 is 38.3 Å². The average Bonchev–Trinajstić information content (AvgIpc) is 2.88. The Morgan fingerprint density at radius 3 is 2.47 bits per heavy atom. The Morgan fingerprint density at radius 1 is 1.16 bits per heavy atom. The molecule has 2 aromatic rings. The SMILES string of the molecule is CNS(=O)(=O)c1ccc(CNc2ccc(I)cc2)o1. The average molecular weight is 392 g/mol. The van der Waals surface area contributed by atoms with Crippen LogP contribution in [0.2, 0.25) is 0 Å². The normalized spacial score (nSPS) is 11.5. The maximum absolute atomic E-state index is 11.5. The fourth-order valence-corrected chi connectivity index (χ4v) is 2.48. The Labute approximate surface area is 125 Å². The smallest absolute Gasteiger partial charge is 0.273 e. The molecule has 19 heavy (non-hydrogen) atoms. The summed E-state index contributed by atoms with van der Waals surface area (Å²) in [5.74, 6) is 0.562. The van der Waals surface area contributed by atoms with Crippen molar-refractivity contribution in [3.8, 4) is 0 Å². The van der Waals surface area contributed by atoms with Gasteiger partial charge < -0.3 is 9.73 Å². The molecule has 102 valence electrons. The Balaban J connectivity index is 2.03. The van der Waals surface area contributed by atoms with Crippen LogP contribution in [0, 0.1) is 3.57 Å². The molecule has 0 saturated heterocycles. The second kappa shape index (κ2) is 5.93. The number of nitrogens with one attached hydrogen (secondary N) is 2. The summed E-state index contributed by atoms with van der Waals surface area (Å²) < 4.78 is 31.6. The van der Waals surface area contributed by atoms with Crippen molar-refractivity contribution in [3.05, 3.63) is 45.7 Å². The van der Waals surface area contributed by atoms with Gasteiger partial charge in [-0.1, -0.05) is 0 Å². The predicted octanol–water partition coefficient (Wildman–Crippen LogP) is 2.40. The maximum atomic E-state index is 11.5. The molecule has 0 unspecified atom stereocenters. The van der Waals surface area contributed by atoms with E-state index >= 15 is 0 Å². The molecular formula is C12H13IN2O3S. The molecule has 0 aliphatic carbocycles. The van der Waals surface area contributed by atoms with Gasteiger partial charge in [-0.25, -0.2) is 13.1 Å². The van der Waals surface area contributed by atoms with Crippen LogP contribution in [0.15, 0.2) is 45.9 Å². The van der Waals surface area contributed by atoms with Gasteiger partial charge in [-0.15, -0.1) is 0 Å². The molecule has 0 aliphatic heterocycles. The summed E-state index contributed by atoms with van der Waals surface area (Å²) in [5, 5.41) is 3.08. The summed E-state index contributed by atoms with van der Waals surface area (Å²) in [5.41, 5.74) is 0.954. The zero-order chi connectivity index (χ0) is 13.9. The minimum atomic E-state index is -3.51. The minimum Gasteiger partial charge on any atom is -0.446 e. The quantitative estimate of drug-likeness (QED) is 0.767. The number of sulfonamides is 1. The fraction of sp³-hybridized carbons (Fsp3) is 0.167. The monoisotopic (exact) mass is 392 g/mol. The molecule has 0 fully saturated rings. The minimum absolute atomic E-state index is 0.0746. The molecule has 2 N–H and O–H groups in total. The Hall–Kier alpha value is -1.06. The van der Waals surface area contributed by atoms with E-state index in [0.717, 1.165) is 9.26 Å². The van der Waals surface area contributed by atoms with Gasteiger partial charge in [0.25, 0.3) is 10.0 Å². The van der Waals surface area contributed by atoms with E-state index in [4.69, 9.17) is 4.42 Å². The highest BCUT2D eigenvalue weighted by molar-refractivity contribution is 14.1. The summed E-state index contributed by atoms with van der Waals surface area (Å²) in [4.78, 5) is 0. The van der Waals surface area contributed by atoms with Gasteiger partial charge in [0.15, 0.2) is 0 Å². The van der Waals surface area contributed by atoms with Crippen LogP contribution in [0.25, 0.3) is 0 Å². The van der Waals surface area contributed by atoms with Crippen molar-refractivity contribution in [2.75, 3.05) is 12.4 Å². The number of anilines is 1. The van der Waals surface area contributed by atoms with Gasteiger partial charge in [-0.3, -0.25) is 0 Å². The largest absolute Gasteiger partial charge is 0.446 e. The van der Waals surface area contributed by atoms with E-state index in [0.29, 0.717) is 12.3 Å². The van der Waals surface area contributed by atoms with E-state index in [1.807, 2.05) is 24.3 Å². The lowest BCUT2D eigenvalue weighted by molar-refractivity contribution is 0.417. The van der Waals surface area contributed by atoms with Crippen molar-refractivity contribution in [1.82, 2.24) is 4.72 Å². The first-order valence-electron chi connectivity index (χ1n) is 5.53. The van der Waals surface area contributed by atoms with E-state index in [2.05, 4.69) is 32.6 Å². The van der Waals surface area contributed by atoms with Gasteiger partial charge in [-0.2, -0.15) is 0 Å². The van der Waals surface area contributed by atoms with Crippen LogP contribution in [-0.2, 0) is 16.6 Å². The molecule has 0 bridgehead atoms. The molecule has 0 saturated carbocycles. The summed E-state index contributed by atoms with van der Waals surface area (Å²) in [6.07, 6.45) is 0. The Morgan fingerprint density at radius 2 is 1.84 bits per heavy atom. The number of furan rings is 1. The number of hydrogen-bond donors (Lipinski definition) is 2. The first-order chi connectivity index (χ1) is 9.01. The second-order valence-electron chi connectivity index (χ2n) is 3.79. The standard InChI is InChI=1S/C12H13IN2O3S/c1-14-19(16,17)12-7-6-11(18-12)8-15-10-4-2-9(13)3-5-10/h2-7,14-15H,8H2,1H3. The van der Waals surface area contributed by atoms with Crippen molar-refractivity contribution < 1.29 is 12.8 Å². The third-order valence-corrected chi connectivity index (χ3v) is 4.49. The van der Waals surface area contributed by atoms with Crippen LogP contribution < -0.4 is 10.0 Å². The zero-order valence-corrected chi connectivity index (χ0v) is 13.2. The van der Waals surface area contributed by atoms with Gasteiger partial charge in [-0.05, 0) is 66.0 Å². The first kappa shape index (κ1) is 14.4. The zero-order valence-electron chi connectivity index (χ0n) is 10.2. The molecule has 0 radical (unpaired) electrons. The van der Waals surface area contributed by atoms with Gasteiger partial charge >= 0.3 is 0 Å². The van der Waals surface area contributed by atoms with Crippen LogP contribution >= 0.6 is 22.6 Å². The van der Waals surface area contributed by atoms with E-state index in [-0.39, 0.29) is 5.09 Å². The van der Waals surface area contributed by atoms with Crippen molar-refractivity contribution in [3.63, 3.8) is 0 Å². The van der Waals surface area contributed by atoms with Crippen LogP contribution in [-0.4, -0.2) is 15.5 Å². The van der Waals surface area contributed by atoms with Crippen LogP contribution in [0.5, 0.6) is 0 Å². The third kappa shape index (κ3) is 3.71. The lowest BCUT2D eigenvalue weighted by Gasteiger charge is -2.04. The highest BCUT2D eigenvalue weighted by atomic mass is 127. The number of hydrogen-bond acceptors (Lipinski definition) is 4. The molecular weight excluding hydrogens is 379 g/mol. The second-order valence-corrected chi connectivity index (χ2v) is 6.85. The molecule has 7 heteroatoms. The molecule has 1 aromatic carbocycles. The Bertz CT molecular complexity index is 650. The number of benzene rings is 1. The van der Waals surface area contributed by atoms with E-state index in [9.17, 15) is 8.42 Å². The molecule has 0 spiro atoms. The van der Waals surface area contributed by atoms with Crippen LogP contribution in [0.3, 0.4) is 0 Å². The fourth-order valence-electron chi connectivity index (χ4n) is 1.46. The molecule has 2 rings (SSSR count). The van der Waals surface area contributed by atoms with Crippen molar-refractivity contribution in [2.24, 2.45) is 0 Å². The molecule has 1 aromatic heterocycles. The third-order valence-electron chi connectivity index (χ3n) is 2.48. The summed E-state index contributed by atoms with van der Waals surface area (Å²) in [6.45, 7) is 0.430. The summed E-state index contributed by atoms with van der Waals surface area (Å²) >= 11 is 2.23. The van der Waals surface area contributed by atoms with E-state index < -0.39 is 10.0 Å². The van der Waals surface area contributed by atoms with Crippen molar-refractivity contribution in [1.29, 1.82) is 0 Å². The lowest BCUT2D eigenvalue weighted by Crippen LogP contribution is -2.17.